The van der Waals surface area contributed by atoms with Crippen molar-refractivity contribution in [1.29, 1.82) is 0 Å². The summed E-state index contributed by atoms with van der Waals surface area (Å²) in [6.45, 7) is 5.38. The van der Waals surface area contributed by atoms with Crippen molar-refractivity contribution >= 4 is 11.3 Å². The van der Waals surface area contributed by atoms with Gasteiger partial charge in [0, 0.05) is 22.3 Å². The number of fused-ring (bicyclic) bond motifs is 1. The first-order chi connectivity index (χ1) is 10.2. The highest BCUT2D eigenvalue weighted by Gasteiger charge is 2.18. The lowest BCUT2D eigenvalue weighted by atomic mass is 9.88. The first-order valence-electron chi connectivity index (χ1n) is 7.61. The predicted octanol–water partition coefficient (Wildman–Crippen LogP) is 4.02. The van der Waals surface area contributed by atoms with E-state index >= 15 is 0 Å². The maximum atomic E-state index is 5.34. The molecule has 0 bridgehead atoms. The second-order valence-electron chi connectivity index (χ2n) is 5.91. The van der Waals surface area contributed by atoms with Crippen LogP contribution in [-0.4, -0.2) is 13.2 Å². The maximum absolute atomic E-state index is 5.34. The Morgan fingerprint density at radius 1 is 1.24 bits per heavy atom. The summed E-state index contributed by atoms with van der Waals surface area (Å²) >= 11 is 1.91. The Kier molecular flexibility index (Phi) is 4.32. The molecule has 2 aromatic rings. The SMILES string of the molecule is COc1ccc2c(c1)CC(NCc1cc(C)c(C)s1)CC2. The fraction of sp³-hybridized carbons (Fsp3) is 0.444. The summed E-state index contributed by atoms with van der Waals surface area (Å²) in [4.78, 5) is 2.88. The molecule has 1 heterocycles. The van der Waals surface area contributed by atoms with Crippen molar-refractivity contribution in [1.82, 2.24) is 5.32 Å². The average molecular weight is 301 g/mol. The summed E-state index contributed by atoms with van der Waals surface area (Å²) in [6, 6.07) is 9.38. The van der Waals surface area contributed by atoms with Crippen LogP contribution in [0.2, 0.25) is 0 Å². The molecular weight excluding hydrogens is 278 g/mol. The van der Waals surface area contributed by atoms with Crippen LogP contribution in [0.3, 0.4) is 0 Å². The minimum absolute atomic E-state index is 0.576. The van der Waals surface area contributed by atoms with E-state index in [0.29, 0.717) is 6.04 Å². The van der Waals surface area contributed by atoms with Crippen molar-refractivity contribution in [3.8, 4) is 5.75 Å². The van der Waals surface area contributed by atoms with Crippen LogP contribution in [0.1, 0.15) is 32.9 Å². The van der Waals surface area contributed by atoms with E-state index in [1.165, 1.54) is 39.3 Å². The van der Waals surface area contributed by atoms with Gasteiger partial charge in [-0.05, 0) is 68.0 Å². The predicted molar refractivity (Wildman–Crippen MR) is 89.4 cm³/mol. The zero-order valence-corrected chi connectivity index (χ0v) is 13.8. The van der Waals surface area contributed by atoms with Gasteiger partial charge in [0.05, 0.1) is 7.11 Å². The van der Waals surface area contributed by atoms with Gasteiger partial charge in [-0.1, -0.05) is 6.07 Å². The minimum atomic E-state index is 0.576. The van der Waals surface area contributed by atoms with Gasteiger partial charge in [0.15, 0.2) is 0 Å². The average Bonchev–Trinajstić information content (AvgIpc) is 2.83. The van der Waals surface area contributed by atoms with Crippen molar-refractivity contribution in [3.05, 3.63) is 50.7 Å². The van der Waals surface area contributed by atoms with E-state index in [-0.39, 0.29) is 0 Å². The highest BCUT2D eigenvalue weighted by atomic mass is 32.1. The molecule has 21 heavy (non-hydrogen) atoms. The number of hydrogen-bond donors (Lipinski definition) is 1. The second-order valence-corrected chi connectivity index (χ2v) is 7.25. The molecule has 1 aliphatic carbocycles. The number of hydrogen-bond acceptors (Lipinski definition) is 3. The van der Waals surface area contributed by atoms with Gasteiger partial charge in [-0.15, -0.1) is 11.3 Å². The molecule has 1 unspecified atom stereocenters. The van der Waals surface area contributed by atoms with E-state index < -0.39 is 0 Å². The molecular formula is C18H23NOS. The Morgan fingerprint density at radius 2 is 2.10 bits per heavy atom. The van der Waals surface area contributed by atoms with Crippen molar-refractivity contribution in [2.24, 2.45) is 0 Å². The summed E-state index contributed by atoms with van der Waals surface area (Å²) in [7, 11) is 1.74. The molecule has 0 saturated heterocycles. The Morgan fingerprint density at radius 3 is 2.81 bits per heavy atom. The van der Waals surface area contributed by atoms with Crippen LogP contribution in [0.15, 0.2) is 24.3 Å². The third-order valence-electron chi connectivity index (χ3n) is 4.42. The van der Waals surface area contributed by atoms with Crippen LogP contribution in [0, 0.1) is 13.8 Å². The molecule has 1 atom stereocenters. The molecule has 0 saturated carbocycles. The van der Waals surface area contributed by atoms with Crippen LogP contribution in [0.5, 0.6) is 5.75 Å². The van der Waals surface area contributed by atoms with Crippen LogP contribution in [-0.2, 0) is 19.4 Å². The van der Waals surface area contributed by atoms with E-state index in [4.69, 9.17) is 4.74 Å². The second kappa shape index (κ2) is 6.20. The van der Waals surface area contributed by atoms with E-state index in [0.717, 1.165) is 18.7 Å². The van der Waals surface area contributed by atoms with Gasteiger partial charge in [-0.3, -0.25) is 0 Å². The number of benzene rings is 1. The van der Waals surface area contributed by atoms with Gasteiger partial charge < -0.3 is 10.1 Å². The number of nitrogens with one attached hydrogen (secondary N) is 1. The van der Waals surface area contributed by atoms with Gasteiger partial charge in [0.1, 0.15) is 5.75 Å². The van der Waals surface area contributed by atoms with Crippen LogP contribution in [0.4, 0.5) is 0 Å². The quantitative estimate of drug-likeness (QED) is 0.921. The molecule has 0 fully saturated rings. The summed E-state index contributed by atoms with van der Waals surface area (Å²) in [5.74, 6) is 0.971. The lowest BCUT2D eigenvalue weighted by molar-refractivity contribution is 0.411. The molecule has 3 rings (SSSR count). The van der Waals surface area contributed by atoms with E-state index in [1.807, 2.05) is 11.3 Å². The highest BCUT2D eigenvalue weighted by Crippen LogP contribution is 2.26. The van der Waals surface area contributed by atoms with Gasteiger partial charge in [0.25, 0.3) is 0 Å². The zero-order chi connectivity index (χ0) is 14.8. The summed E-state index contributed by atoms with van der Waals surface area (Å²) in [5.41, 5.74) is 4.34. The first kappa shape index (κ1) is 14.6. The molecule has 0 radical (unpaired) electrons. The summed E-state index contributed by atoms with van der Waals surface area (Å²) in [6.07, 6.45) is 3.50. The monoisotopic (exact) mass is 301 g/mol. The van der Waals surface area contributed by atoms with Gasteiger partial charge in [0.2, 0.25) is 0 Å². The Hall–Kier alpha value is -1.32. The molecule has 3 heteroatoms. The Balaban J connectivity index is 1.63. The maximum Gasteiger partial charge on any atom is 0.119 e. The molecule has 1 aromatic heterocycles. The van der Waals surface area contributed by atoms with Crippen molar-refractivity contribution in [2.45, 2.75) is 45.7 Å². The molecule has 0 amide bonds. The number of aryl methyl sites for hydroxylation is 3. The minimum Gasteiger partial charge on any atom is -0.497 e. The first-order valence-corrected chi connectivity index (χ1v) is 8.42. The number of rotatable bonds is 4. The fourth-order valence-electron chi connectivity index (χ4n) is 3.02. The molecule has 1 aliphatic rings. The molecule has 112 valence electrons. The normalized spacial score (nSPS) is 17.6. The zero-order valence-electron chi connectivity index (χ0n) is 13.0. The Bertz CT molecular complexity index is 613. The van der Waals surface area contributed by atoms with E-state index in [2.05, 4.69) is 43.4 Å². The number of thiophene rings is 1. The number of methoxy groups -OCH3 is 1. The number of ether oxygens (including phenoxy) is 1. The van der Waals surface area contributed by atoms with Gasteiger partial charge in [-0.2, -0.15) is 0 Å². The third kappa shape index (κ3) is 3.30. The Labute approximate surface area is 131 Å². The lowest BCUT2D eigenvalue weighted by Gasteiger charge is -2.25. The van der Waals surface area contributed by atoms with Crippen molar-refractivity contribution < 1.29 is 4.74 Å². The van der Waals surface area contributed by atoms with Crippen molar-refractivity contribution in [2.75, 3.05) is 7.11 Å². The fourth-order valence-corrected chi connectivity index (χ4v) is 4.02. The molecule has 0 spiro atoms. The van der Waals surface area contributed by atoms with E-state index in [9.17, 15) is 0 Å². The molecule has 2 nitrogen and oxygen atoms in total. The van der Waals surface area contributed by atoms with Crippen LogP contribution in [0.25, 0.3) is 0 Å². The van der Waals surface area contributed by atoms with Gasteiger partial charge in [-0.25, -0.2) is 0 Å². The smallest absolute Gasteiger partial charge is 0.119 e. The third-order valence-corrected chi connectivity index (χ3v) is 5.58. The largest absolute Gasteiger partial charge is 0.497 e. The van der Waals surface area contributed by atoms with E-state index in [1.54, 1.807) is 7.11 Å². The summed E-state index contributed by atoms with van der Waals surface area (Å²) < 4.78 is 5.34. The summed E-state index contributed by atoms with van der Waals surface area (Å²) in [5, 5.41) is 3.73. The van der Waals surface area contributed by atoms with Crippen molar-refractivity contribution in [3.63, 3.8) is 0 Å². The molecule has 1 aromatic carbocycles. The highest BCUT2D eigenvalue weighted by molar-refractivity contribution is 7.12. The van der Waals surface area contributed by atoms with Crippen LogP contribution < -0.4 is 10.1 Å². The van der Waals surface area contributed by atoms with Crippen LogP contribution >= 0.6 is 11.3 Å². The lowest BCUT2D eigenvalue weighted by Crippen LogP contribution is -2.33. The molecule has 0 aliphatic heterocycles. The standard InChI is InChI=1S/C18H23NOS/c1-12-8-18(21-13(12)2)11-19-16-6-4-14-5-7-17(20-3)10-15(14)9-16/h5,7-8,10,16,19H,4,6,9,11H2,1-3H3. The van der Waals surface area contributed by atoms with Gasteiger partial charge >= 0.3 is 0 Å². The molecule has 1 N–H and O–H groups in total. The topological polar surface area (TPSA) is 21.3 Å².